The molecule has 1 aromatic carbocycles. The van der Waals surface area contributed by atoms with Gasteiger partial charge in [-0.05, 0) is 19.4 Å². The summed E-state index contributed by atoms with van der Waals surface area (Å²) in [5.41, 5.74) is 11.5. The summed E-state index contributed by atoms with van der Waals surface area (Å²) in [5, 5.41) is 2.82. The summed E-state index contributed by atoms with van der Waals surface area (Å²) >= 11 is 0. The van der Waals surface area contributed by atoms with Gasteiger partial charge in [-0.25, -0.2) is 0 Å². The van der Waals surface area contributed by atoms with Crippen LogP contribution >= 0.6 is 0 Å². The zero-order chi connectivity index (χ0) is 15.3. The maximum Gasteiger partial charge on any atom is 0.225 e. The summed E-state index contributed by atoms with van der Waals surface area (Å²) in [6, 6.07) is 9.07. The average Bonchev–Trinajstić information content (AvgIpc) is 2.35. The molecule has 5 nitrogen and oxygen atoms in total. The Balaban J connectivity index is 2.70. The highest BCUT2D eigenvalue weighted by atomic mass is 16.2. The van der Waals surface area contributed by atoms with Crippen LogP contribution in [-0.2, 0) is 9.59 Å². The van der Waals surface area contributed by atoms with E-state index in [0.29, 0.717) is 0 Å². The molecule has 5 heteroatoms. The number of benzene rings is 1. The van der Waals surface area contributed by atoms with E-state index < -0.39 is 17.4 Å². The fourth-order valence-corrected chi connectivity index (χ4v) is 2.05. The van der Waals surface area contributed by atoms with Gasteiger partial charge in [0, 0.05) is 18.0 Å². The second-order valence-corrected chi connectivity index (χ2v) is 5.74. The van der Waals surface area contributed by atoms with Crippen molar-refractivity contribution in [3.8, 4) is 0 Å². The number of primary amides is 1. The van der Waals surface area contributed by atoms with Crippen molar-refractivity contribution in [3.63, 3.8) is 0 Å². The van der Waals surface area contributed by atoms with Crippen molar-refractivity contribution in [1.29, 1.82) is 0 Å². The van der Waals surface area contributed by atoms with Gasteiger partial charge in [-0.2, -0.15) is 0 Å². The quantitative estimate of drug-likeness (QED) is 0.726. The van der Waals surface area contributed by atoms with E-state index in [-0.39, 0.29) is 18.4 Å². The van der Waals surface area contributed by atoms with Crippen LogP contribution in [0.15, 0.2) is 30.3 Å². The van der Waals surface area contributed by atoms with E-state index in [2.05, 4.69) is 5.32 Å². The Hall–Kier alpha value is -1.88. The molecular formula is C15H23N3O2. The lowest BCUT2D eigenvalue weighted by Crippen LogP contribution is -2.49. The number of hydrogen-bond acceptors (Lipinski definition) is 3. The smallest absolute Gasteiger partial charge is 0.225 e. The fraction of sp³-hybridized carbons (Fsp3) is 0.467. The standard InChI is InChI=1S/C15H23N3O2/c1-10(13(17)11-7-5-4-6-8-11)14(20)18-15(2,3)9-12(16)19/h4-8,10,13H,9,17H2,1-3H3,(H2,16,19)(H,18,20). The van der Waals surface area contributed by atoms with Crippen LogP contribution in [0.5, 0.6) is 0 Å². The summed E-state index contributed by atoms with van der Waals surface area (Å²) in [6.07, 6.45) is 0.0893. The minimum Gasteiger partial charge on any atom is -0.370 e. The third-order valence-electron chi connectivity index (χ3n) is 3.21. The van der Waals surface area contributed by atoms with Gasteiger partial charge in [0.2, 0.25) is 11.8 Å². The van der Waals surface area contributed by atoms with Gasteiger partial charge in [-0.1, -0.05) is 37.3 Å². The number of hydrogen-bond donors (Lipinski definition) is 3. The van der Waals surface area contributed by atoms with Gasteiger partial charge in [0.05, 0.1) is 5.92 Å². The number of rotatable bonds is 6. The number of nitrogens with one attached hydrogen (secondary N) is 1. The predicted molar refractivity (Wildman–Crippen MR) is 78.6 cm³/mol. The Labute approximate surface area is 119 Å². The Kier molecular flexibility index (Phi) is 5.27. The molecule has 0 aliphatic heterocycles. The summed E-state index contributed by atoms with van der Waals surface area (Å²) in [4.78, 5) is 23.2. The van der Waals surface area contributed by atoms with E-state index in [4.69, 9.17) is 11.5 Å². The van der Waals surface area contributed by atoms with Gasteiger partial charge in [0.15, 0.2) is 0 Å². The van der Waals surface area contributed by atoms with Gasteiger partial charge < -0.3 is 16.8 Å². The molecule has 0 saturated heterocycles. The maximum absolute atomic E-state index is 12.2. The van der Waals surface area contributed by atoms with E-state index in [9.17, 15) is 9.59 Å². The van der Waals surface area contributed by atoms with Crippen LogP contribution in [-0.4, -0.2) is 17.4 Å². The van der Waals surface area contributed by atoms with Crippen molar-refractivity contribution in [2.75, 3.05) is 0 Å². The molecule has 1 rings (SSSR count). The van der Waals surface area contributed by atoms with Crippen LogP contribution in [0.25, 0.3) is 0 Å². The summed E-state index contributed by atoms with van der Waals surface area (Å²) in [6.45, 7) is 5.29. The first-order valence-electron chi connectivity index (χ1n) is 6.64. The third kappa shape index (κ3) is 4.66. The van der Waals surface area contributed by atoms with Gasteiger partial charge in [0.1, 0.15) is 0 Å². The second-order valence-electron chi connectivity index (χ2n) is 5.74. The molecule has 0 heterocycles. The van der Waals surface area contributed by atoms with E-state index in [1.807, 2.05) is 30.3 Å². The molecular weight excluding hydrogens is 254 g/mol. The normalized spacial score (nSPS) is 14.4. The van der Waals surface area contributed by atoms with Crippen molar-refractivity contribution in [1.82, 2.24) is 5.32 Å². The van der Waals surface area contributed by atoms with E-state index in [1.165, 1.54) is 0 Å². The summed E-state index contributed by atoms with van der Waals surface area (Å²) in [5.74, 6) is -1.03. The molecule has 0 aliphatic carbocycles. The van der Waals surface area contributed by atoms with Crippen molar-refractivity contribution < 1.29 is 9.59 Å². The third-order valence-corrected chi connectivity index (χ3v) is 3.21. The predicted octanol–water partition coefficient (Wildman–Crippen LogP) is 1.09. The van der Waals surface area contributed by atoms with E-state index in [1.54, 1.807) is 20.8 Å². The Morgan fingerprint density at radius 2 is 1.80 bits per heavy atom. The van der Waals surface area contributed by atoms with Crippen LogP contribution in [0, 0.1) is 5.92 Å². The van der Waals surface area contributed by atoms with Gasteiger partial charge >= 0.3 is 0 Å². The molecule has 2 amide bonds. The molecule has 0 saturated carbocycles. The first-order valence-corrected chi connectivity index (χ1v) is 6.64. The summed E-state index contributed by atoms with van der Waals surface area (Å²) < 4.78 is 0. The maximum atomic E-state index is 12.2. The highest BCUT2D eigenvalue weighted by Crippen LogP contribution is 2.20. The van der Waals surface area contributed by atoms with Crippen LogP contribution in [0.2, 0.25) is 0 Å². The number of nitrogens with two attached hydrogens (primary N) is 2. The highest BCUT2D eigenvalue weighted by Gasteiger charge is 2.28. The zero-order valence-electron chi connectivity index (χ0n) is 12.2. The summed E-state index contributed by atoms with van der Waals surface area (Å²) in [7, 11) is 0. The van der Waals surface area contributed by atoms with Crippen LogP contribution in [0.4, 0.5) is 0 Å². The van der Waals surface area contributed by atoms with E-state index >= 15 is 0 Å². The molecule has 0 spiro atoms. The van der Waals surface area contributed by atoms with Crippen molar-refractivity contribution in [3.05, 3.63) is 35.9 Å². The fourth-order valence-electron chi connectivity index (χ4n) is 2.05. The first kappa shape index (κ1) is 16.2. The lowest BCUT2D eigenvalue weighted by molar-refractivity contribution is -0.127. The molecule has 5 N–H and O–H groups in total. The Morgan fingerprint density at radius 3 is 2.30 bits per heavy atom. The second kappa shape index (κ2) is 6.52. The molecule has 0 aromatic heterocycles. The van der Waals surface area contributed by atoms with Crippen molar-refractivity contribution >= 4 is 11.8 Å². The molecule has 2 unspecified atom stereocenters. The minimum absolute atomic E-state index is 0.0893. The number of amides is 2. The van der Waals surface area contributed by atoms with Crippen molar-refractivity contribution in [2.45, 2.75) is 38.8 Å². The average molecular weight is 277 g/mol. The Morgan fingerprint density at radius 1 is 1.25 bits per heavy atom. The molecule has 0 fully saturated rings. The van der Waals surface area contributed by atoms with Gasteiger partial charge in [-0.3, -0.25) is 9.59 Å². The highest BCUT2D eigenvalue weighted by molar-refractivity contribution is 5.81. The molecule has 0 bridgehead atoms. The lowest BCUT2D eigenvalue weighted by atomic mass is 9.92. The molecule has 1 aromatic rings. The largest absolute Gasteiger partial charge is 0.370 e. The first-order chi connectivity index (χ1) is 9.23. The lowest BCUT2D eigenvalue weighted by Gasteiger charge is -2.28. The van der Waals surface area contributed by atoms with Crippen LogP contribution < -0.4 is 16.8 Å². The number of carbonyl (C=O) groups is 2. The molecule has 2 atom stereocenters. The Bertz CT molecular complexity index is 471. The zero-order valence-corrected chi connectivity index (χ0v) is 12.2. The SMILES string of the molecule is CC(C(=O)NC(C)(C)CC(N)=O)C(N)c1ccccc1. The minimum atomic E-state index is -0.673. The van der Waals surface area contributed by atoms with E-state index in [0.717, 1.165) is 5.56 Å². The molecule has 20 heavy (non-hydrogen) atoms. The topological polar surface area (TPSA) is 98.2 Å². The molecule has 110 valence electrons. The molecule has 0 aliphatic rings. The van der Waals surface area contributed by atoms with Crippen LogP contribution in [0.1, 0.15) is 38.8 Å². The van der Waals surface area contributed by atoms with Gasteiger partial charge in [-0.15, -0.1) is 0 Å². The number of carbonyl (C=O) groups excluding carboxylic acids is 2. The van der Waals surface area contributed by atoms with Crippen molar-refractivity contribution in [2.24, 2.45) is 17.4 Å². The van der Waals surface area contributed by atoms with Crippen LogP contribution in [0.3, 0.4) is 0 Å². The van der Waals surface area contributed by atoms with Gasteiger partial charge in [0.25, 0.3) is 0 Å². The monoisotopic (exact) mass is 277 g/mol. The molecule has 0 radical (unpaired) electrons.